The van der Waals surface area contributed by atoms with Crippen LogP contribution >= 0.6 is 12.2 Å². The van der Waals surface area contributed by atoms with E-state index in [1.807, 2.05) is 46.3 Å². The van der Waals surface area contributed by atoms with Crippen molar-refractivity contribution in [3.8, 4) is 0 Å². The minimum absolute atomic E-state index is 0.0595. The van der Waals surface area contributed by atoms with E-state index in [0.29, 0.717) is 11.7 Å². The first-order valence-electron chi connectivity index (χ1n) is 9.69. The van der Waals surface area contributed by atoms with Gasteiger partial charge in [-0.3, -0.25) is 14.5 Å². The molecule has 10 heteroatoms. The van der Waals surface area contributed by atoms with Crippen molar-refractivity contribution < 1.29 is 9.53 Å². The van der Waals surface area contributed by atoms with Crippen LogP contribution in [0.25, 0.3) is 0 Å². The molecular formula is C20H23N7O2S. The highest BCUT2D eigenvalue weighted by Crippen LogP contribution is 2.40. The number of pyridine rings is 1. The van der Waals surface area contributed by atoms with Crippen molar-refractivity contribution in [3.05, 3.63) is 65.8 Å². The first-order valence-corrected chi connectivity index (χ1v) is 10.1. The first kappa shape index (κ1) is 20.0. The zero-order valence-corrected chi connectivity index (χ0v) is 17.8. The standard InChI is InChI=1S/C20H23N7O2S/c1-4-29-17(28)10-26-19(18(24-20(26)30)16-7-5-6-8-21-16)15-9-13(2)27(14(15)3)25-11-22-23-12-25/h5-9,11-12,18-19H,4,10H2,1-3H3,(H,24,30)/t18-,19-/m1/s1. The number of hydrogen-bond donors (Lipinski definition) is 1. The lowest BCUT2D eigenvalue weighted by molar-refractivity contribution is -0.143. The number of thiocarbonyl (C=S) groups is 1. The van der Waals surface area contributed by atoms with Gasteiger partial charge >= 0.3 is 5.97 Å². The predicted octanol–water partition coefficient (Wildman–Crippen LogP) is 1.94. The van der Waals surface area contributed by atoms with E-state index in [0.717, 1.165) is 22.6 Å². The van der Waals surface area contributed by atoms with Crippen LogP contribution in [0, 0.1) is 13.8 Å². The van der Waals surface area contributed by atoms with Gasteiger partial charge in [-0.1, -0.05) is 6.07 Å². The minimum Gasteiger partial charge on any atom is -0.465 e. The normalized spacial score (nSPS) is 18.5. The summed E-state index contributed by atoms with van der Waals surface area (Å²) in [4.78, 5) is 18.7. The maximum absolute atomic E-state index is 12.3. The van der Waals surface area contributed by atoms with Gasteiger partial charge in [0, 0.05) is 23.1 Å². The zero-order chi connectivity index (χ0) is 21.3. The van der Waals surface area contributed by atoms with Crippen LogP contribution < -0.4 is 5.32 Å². The number of aryl methyl sites for hydroxylation is 1. The molecular weight excluding hydrogens is 402 g/mol. The summed E-state index contributed by atoms with van der Waals surface area (Å²) in [7, 11) is 0. The molecule has 1 fully saturated rings. The maximum atomic E-state index is 12.3. The minimum atomic E-state index is -0.319. The molecule has 1 saturated heterocycles. The highest BCUT2D eigenvalue weighted by molar-refractivity contribution is 7.80. The van der Waals surface area contributed by atoms with Crippen molar-refractivity contribution >= 4 is 23.3 Å². The molecule has 1 N–H and O–H groups in total. The second kappa shape index (κ2) is 8.23. The van der Waals surface area contributed by atoms with E-state index in [1.54, 1.807) is 25.8 Å². The van der Waals surface area contributed by atoms with Crippen LogP contribution in [0.5, 0.6) is 0 Å². The van der Waals surface area contributed by atoms with Gasteiger partial charge in [0.15, 0.2) is 5.11 Å². The van der Waals surface area contributed by atoms with Gasteiger partial charge in [-0.05, 0) is 51.2 Å². The monoisotopic (exact) mass is 425 g/mol. The number of aromatic nitrogens is 5. The molecule has 0 spiro atoms. The third kappa shape index (κ3) is 3.54. The molecule has 0 aromatic carbocycles. The van der Waals surface area contributed by atoms with E-state index in [-0.39, 0.29) is 24.6 Å². The van der Waals surface area contributed by atoms with Gasteiger partial charge in [0.1, 0.15) is 19.2 Å². The topological polar surface area (TPSA) is 90.1 Å². The summed E-state index contributed by atoms with van der Waals surface area (Å²) in [6, 6.07) is 7.44. The van der Waals surface area contributed by atoms with Gasteiger partial charge in [0.25, 0.3) is 0 Å². The third-order valence-corrected chi connectivity index (χ3v) is 5.55. The molecule has 0 radical (unpaired) electrons. The van der Waals surface area contributed by atoms with Gasteiger partial charge in [-0.15, -0.1) is 10.2 Å². The summed E-state index contributed by atoms with van der Waals surface area (Å²) < 4.78 is 9.03. The molecule has 0 amide bonds. The Labute approximate surface area is 179 Å². The number of nitrogens with zero attached hydrogens (tertiary/aromatic N) is 6. The highest BCUT2D eigenvalue weighted by Gasteiger charge is 2.42. The quantitative estimate of drug-likeness (QED) is 0.473. The number of esters is 1. The van der Waals surface area contributed by atoms with E-state index < -0.39 is 0 Å². The van der Waals surface area contributed by atoms with Gasteiger partial charge in [-0.25, -0.2) is 4.68 Å². The average molecular weight is 426 g/mol. The van der Waals surface area contributed by atoms with E-state index in [4.69, 9.17) is 17.0 Å². The molecule has 0 unspecified atom stereocenters. The molecule has 4 heterocycles. The second-order valence-corrected chi connectivity index (χ2v) is 7.43. The number of carbonyl (C=O) groups is 1. The van der Waals surface area contributed by atoms with Crippen LogP contribution in [0.3, 0.4) is 0 Å². The Balaban J connectivity index is 1.80. The Morgan fingerprint density at radius 1 is 1.27 bits per heavy atom. The third-order valence-electron chi connectivity index (χ3n) is 5.19. The van der Waals surface area contributed by atoms with Crippen molar-refractivity contribution in [2.75, 3.05) is 13.2 Å². The number of nitrogens with one attached hydrogen (secondary N) is 1. The lowest BCUT2D eigenvalue weighted by Crippen LogP contribution is -2.35. The number of hydrogen-bond acceptors (Lipinski definition) is 6. The van der Waals surface area contributed by atoms with Crippen molar-refractivity contribution in [2.24, 2.45) is 0 Å². The molecule has 0 saturated carbocycles. The predicted molar refractivity (Wildman–Crippen MR) is 114 cm³/mol. The molecule has 2 atom stereocenters. The SMILES string of the molecule is CCOC(=O)CN1C(=S)N[C@H](c2ccccn2)[C@H]1c1cc(C)n(-n2cnnc2)c1C. The second-order valence-electron chi connectivity index (χ2n) is 7.04. The van der Waals surface area contributed by atoms with Crippen molar-refractivity contribution in [3.63, 3.8) is 0 Å². The lowest BCUT2D eigenvalue weighted by Gasteiger charge is -2.27. The zero-order valence-electron chi connectivity index (χ0n) is 17.0. The van der Waals surface area contributed by atoms with Gasteiger partial charge in [0.05, 0.1) is 24.4 Å². The molecule has 3 aromatic rings. The summed E-state index contributed by atoms with van der Waals surface area (Å²) in [5, 5.41) is 11.7. The molecule has 3 aromatic heterocycles. The molecule has 9 nitrogen and oxygen atoms in total. The van der Waals surface area contributed by atoms with Crippen LogP contribution in [0.4, 0.5) is 0 Å². The summed E-state index contributed by atoms with van der Waals surface area (Å²) in [6.07, 6.45) is 5.05. The molecule has 1 aliphatic rings. The smallest absolute Gasteiger partial charge is 0.325 e. The number of rotatable bonds is 6. The average Bonchev–Trinajstić information content (AvgIpc) is 3.42. The Morgan fingerprint density at radius 3 is 2.70 bits per heavy atom. The Bertz CT molecular complexity index is 1050. The van der Waals surface area contributed by atoms with Crippen LogP contribution in [-0.2, 0) is 9.53 Å². The Hall–Kier alpha value is -3.27. The largest absolute Gasteiger partial charge is 0.465 e. The fourth-order valence-electron chi connectivity index (χ4n) is 3.99. The Morgan fingerprint density at radius 2 is 2.03 bits per heavy atom. The molecule has 0 bridgehead atoms. The Kier molecular flexibility index (Phi) is 5.49. The summed E-state index contributed by atoms with van der Waals surface area (Å²) in [5.74, 6) is -0.319. The molecule has 4 rings (SSSR count). The highest BCUT2D eigenvalue weighted by atomic mass is 32.1. The van der Waals surface area contributed by atoms with E-state index in [9.17, 15) is 4.79 Å². The first-order chi connectivity index (χ1) is 14.5. The van der Waals surface area contributed by atoms with Crippen molar-refractivity contribution in [1.29, 1.82) is 0 Å². The number of carbonyl (C=O) groups excluding carboxylic acids is 1. The van der Waals surface area contributed by atoms with Gasteiger partial charge < -0.3 is 15.0 Å². The van der Waals surface area contributed by atoms with Gasteiger partial charge in [0.2, 0.25) is 0 Å². The fourth-order valence-corrected chi connectivity index (χ4v) is 4.30. The van der Waals surface area contributed by atoms with Crippen LogP contribution in [0.2, 0.25) is 0 Å². The van der Waals surface area contributed by atoms with Crippen LogP contribution in [0.1, 0.15) is 41.7 Å². The molecule has 0 aliphatic carbocycles. The molecule has 156 valence electrons. The maximum Gasteiger partial charge on any atom is 0.325 e. The molecule has 1 aliphatic heterocycles. The fraction of sp³-hybridized carbons (Fsp3) is 0.350. The summed E-state index contributed by atoms with van der Waals surface area (Å²) >= 11 is 5.61. The van der Waals surface area contributed by atoms with Crippen LogP contribution in [0.15, 0.2) is 43.1 Å². The number of ether oxygens (including phenoxy) is 1. The van der Waals surface area contributed by atoms with Crippen molar-refractivity contribution in [1.82, 2.24) is 34.8 Å². The van der Waals surface area contributed by atoms with E-state index in [1.165, 1.54) is 0 Å². The van der Waals surface area contributed by atoms with Crippen LogP contribution in [-0.4, -0.2) is 53.7 Å². The van der Waals surface area contributed by atoms with Gasteiger partial charge in [-0.2, -0.15) is 0 Å². The summed E-state index contributed by atoms with van der Waals surface area (Å²) in [6.45, 7) is 6.22. The summed E-state index contributed by atoms with van der Waals surface area (Å²) in [5.41, 5.74) is 3.90. The van der Waals surface area contributed by atoms with E-state index >= 15 is 0 Å². The van der Waals surface area contributed by atoms with E-state index in [2.05, 4.69) is 26.6 Å². The molecule has 30 heavy (non-hydrogen) atoms. The van der Waals surface area contributed by atoms with Crippen molar-refractivity contribution in [2.45, 2.75) is 32.9 Å². The lowest BCUT2D eigenvalue weighted by atomic mass is 9.97.